The van der Waals surface area contributed by atoms with Gasteiger partial charge in [-0.15, -0.1) is 0 Å². The van der Waals surface area contributed by atoms with Crippen LogP contribution in [0.3, 0.4) is 0 Å². The van der Waals surface area contributed by atoms with E-state index in [2.05, 4.69) is 21.0 Å². The lowest BCUT2D eigenvalue weighted by molar-refractivity contribution is 0.718. The first kappa shape index (κ1) is 17.9. The minimum atomic E-state index is -0.150. The highest BCUT2D eigenvalue weighted by molar-refractivity contribution is 6.30. The molecule has 0 amide bonds. The molecule has 7 nitrogen and oxygen atoms in total. The van der Waals surface area contributed by atoms with Crippen LogP contribution in [0.25, 0.3) is 16.9 Å². The van der Waals surface area contributed by atoms with Crippen LogP contribution in [0.4, 0.5) is 5.82 Å². The van der Waals surface area contributed by atoms with E-state index in [0.717, 1.165) is 22.5 Å². The van der Waals surface area contributed by atoms with Gasteiger partial charge in [-0.3, -0.25) is 0 Å². The minimum Gasteiger partial charge on any atom is -0.352 e. The number of rotatable bonds is 4. The second-order valence-corrected chi connectivity index (χ2v) is 6.66. The number of imidazole rings is 1. The number of benzene rings is 1. The van der Waals surface area contributed by atoms with Gasteiger partial charge in [-0.2, -0.15) is 10.4 Å². The quantitative estimate of drug-likeness (QED) is 0.492. The first-order valence-electron chi connectivity index (χ1n) is 8.63. The fourth-order valence-corrected chi connectivity index (χ4v) is 3.29. The molecule has 0 saturated carbocycles. The average molecular weight is 390 g/mol. The Hall–Kier alpha value is -3.50. The highest BCUT2D eigenvalue weighted by Crippen LogP contribution is 2.33. The molecule has 3 heterocycles. The van der Waals surface area contributed by atoms with E-state index in [1.165, 1.54) is 6.33 Å². The summed E-state index contributed by atoms with van der Waals surface area (Å²) in [5, 5.41) is 14.4. The van der Waals surface area contributed by atoms with Crippen LogP contribution in [0.15, 0.2) is 55.1 Å². The number of hydrogen-bond acceptors (Lipinski definition) is 6. The van der Waals surface area contributed by atoms with Crippen LogP contribution in [0.2, 0.25) is 5.15 Å². The maximum atomic E-state index is 9.48. The summed E-state index contributed by atoms with van der Waals surface area (Å²) in [5.74, 6) is 0.470. The molecule has 0 aliphatic rings. The number of hydrogen-bond donors (Lipinski definition) is 0. The van der Waals surface area contributed by atoms with Crippen molar-refractivity contribution in [1.29, 1.82) is 5.26 Å². The summed E-state index contributed by atoms with van der Waals surface area (Å²) in [6.45, 7) is 2.03. The predicted molar refractivity (Wildman–Crippen MR) is 107 cm³/mol. The summed E-state index contributed by atoms with van der Waals surface area (Å²) in [4.78, 5) is 14.4. The van der Waals surface area contributed by atoms with E-state index in [1.807, 2.05) is 61.5 Å². The molecule has 0 N–H and O–H groups in total. The Morgan fingerprint density at radius 3 is 2.71 bits per heavy atom. The lowest BCUT2D eigenvalue weighted by Crippen LogP contribution is -2.25. The molecule has 3 aromatic heterocycles. The average Bonchev–Trinajstić information content (AvgIpc) is 3.19. The predicted octanol–water partition coefficient (Wildman–Crippen LogP) is 3.91. The van der Waals surface area contributed by atoms with Gasteiger partial charge in [0.05, 0.1) is 11.7 Å². The Balaban J connectivity index is 1.86. The van der Waals surface area contributed by atoms with Gasteiger partial charge in [0.25, 0.3) is 0 Å². The molecule has 0 aliphatic heterocycles. The van der Waals surface area contributed by atoms with E-state index in [-0.39, 0.29) is 16.8 Å². The molecular weight excluding hydrogens is 374 g/mol. The molecule has 1 atom stereocenters. The number of nitrogens with zero attached hydrogens (tertiary/aromatic N) is 7. The molecule has 0 saturated heterocycles. The number of anilines is 1. The van der Waals surface area contributed by atoms with Crippen molar-refractivity contribution in [2.45, 2.75) is 13.0 Å². The van der Waals surface area contributed by atoms with Crippen LogP contribution < -0.4 is 4.90 Å². The standard InChI is InChI=1S/C20H16ClN7/c1-13(27(2)20-16(11-22)19(21)24-12-25-20)15-10-17-23-8-9-28(17)26-18(15)14-6-4-3-5-7-14/h3-10,12-13H,1-2H3/t13-/m1/s1. The van der Waals surface area contributed by atoms with Crippen LogP contribution in [0.5, 0.6) is 0 Å². The van der Waals surface area contributed by atoms with Crippen molar-refractivity contribution >= 4 is 23.1 Å². The summed E-state index contributed by atoms with van der Waals surface area (Å²) in [6, 6.07) is 13.9. The fraction of sp³-hybridized carbons (Fsp3) is 0.150. The third kappa shape index (κ3) is 3.04. The number of fused-ring (bicyclic) bond motifs is 1. The lowest BCUT2D eigenvalue weighted by atomic mass is 10.0. The summed E-state index contributed by atoms with van der Waals surface area (Å²) in [7, 11) is 1.87. The van der Waals surface area contributed by atoms with E-state index in [4.69, 9.17) is 16.7 Å². The first-order chi connectivity index (χ1) is 13.6. The van der Waals surface area contributed by atoms with Crippen LogP contribution >= 0.6 is 11.6 Å². The number of halogens is 1. The van der Waals surface area contributed by atoms with Crippen molar-refractivity contribution in [2.24, 2.45) is 0 Å². The summed E-state index contributed by atoms with van der Waals surface area (Å²) >= 11 is 6.09. The Labute approximate surface area is 166 Å². The molecule has 0 fully saturated rings. The molecule has 0 bridgehead atoms. The number of aromatic nitrogens is 5. The molecule has 0 unspecified atom stereocenters. The smallest absolute Gasteiger partial charge is 0.153 e. The Morgan fingerprint density at radius 2 is 1.96 bits per heavy atom. The van der Waals surface area contributed by atoms with Gasteiger partial charge in [-0.25, -0.2) is 19.5 Å². The number of nitriles is 1. The van der Waals surface area contributed by atoms with Crippen molar-refractivity contribution in [3.8, 4) is 17.3 Å². The van der Waals surface area contributed by atoms with Gasteiger partial charge in [-0.05, 0) is 13.0 Å². The van der Waals surface area contributed by atoms with Gasteiger partial charge < -0.3 is 4.90 Å². The highest BCUT2D eigenvalue weighted by Gasteiger charge is 2.23. The summed E-state index contributed by atoms with van der Waals surface area (Å²) < 4.78 is 1.75. The van der Waals surface area contributed by atoms with Crippen molar-refractivity contribution in [3.05, 3.63) is 71.4 Å². The third-order valence-corrected chi connectivity index (χ3v) is 5.01. The van der Waals surface area contributed by atoms with Gasteiger partial charge in [0.2, 0.25) is 0 Å². The van der Waals surface area contributed by atoms with E-state index >= 15 is 0 Å². The maximum Gasteiger partial charge on any atom is 0.153 e. The van der Waals surface area contributed by atoms with E-state index in [1.54, 1.807) is 10.7 Å². The molecule has 0 radical (unpaired) electrons. The van der Waals surface area contributed by atoms with Crippen molar-refractivity contribution in [1.82, 2.24) is 24.6 Å². The fourth-order valence-electron chi connectivity index (χ4n) is 3.12. The highest BCUT2D eigenvalue weighted by atomic mass is 35.5. The largest absolute Gasteiger partial charge is 0.352 e. The van der Waals surface area contributed by atoms with E-state index in [9.17, 15) is 5.26 Å². The maximum absolute atomic E-state index is 9.48. The lowest BCUT2D eigenvalue weighted by Gasteiger charge is -2.28. The van der Waals surface area contributed by atoms with Crippen molar-refractivity contribution in [2.75, 3.05) is 11.9 Å². The Bertz CT molecular complexity index is 1180. The Kier molecular flexibility index (Phi) is 4.63. The molecule has 8 heteroatoms. The zero-order chi connectivity index (χ0) is 19.7. The minimum absolute atomic E-state index is 0.136. The normalized spacial score (nSPS) is 11.9. The molecule has 4 rings (SSSR count). The monoisotopic (exact) mass is 389 g/mol. The molecule has 4 aromatic rings. The SMILES string of the molecule is C[C@H](c1cc2nccn2nc1-c1ccccc1)N(C)c1ncnc(Cl)c1C#N. The van der Waals surface area contributed by atoms with Gasteiger partial charge in [0.15, 0.2) is 16.6 Å². The Morgan fingerprint density at radius 1 is 1.18 bits per heavy atom. The topological polar surface area (TPSA) is 83.0 Å². The van der Waals surface area contributed by atoms with Crippen LogP contribution in [0, 0.1) is 11.3 Å². The molecule has 138 valence electrons. The molecule has 1 aromatic carbocycles. The van der Waals surface area contributed by atoms with Crippen LogP contribution in [0.1, 0.15) is 24.1 Å². The van der Waals surface area contributed by atoms with Gasteiger partial charge in [0, 0.05) is 30.6 Å². The van der Waals surface area contributed by atoms with E-state index in [0.29, 0.717) is 5.82 Å². The zero-order valence-electron chi connectivity index (χ0n) is 15.3. The van der Waals surface area contributed by atoms with Crippen LogP contribution in [-0.4, -0.2) is 31.6 Å². The van der Waals surface area contributed by atoms with Crippen molar-refractivity contribution in [3.63, 3.8) is 0 Å². The van der Waals surface area contributed by atoms with Gasteiger partial charge in [-0.1, -0.05) is 41.9 Å². The van der Waals surface area contributed by atoms with Gasteiger partial charge >= 0.3 is 0 Å². The molecular formula is C20H16ClN7. The van der Waals surface area contributed by atoms with Crippen molar-refractivity contribution < 1.29 is 0 Å². The summed E-state index contributed by atoms with van der Waals surface area (Å²) in [5.41, 5.74) is 3.79. The zero-order valence-corrected chi connectivity index (χ0v) is 16.0. The molecule has 0 spiro atoms. The third-order valence-electron chi connectivity index (χ3n) is 4.72. The second-order valence-electron chi connectivity index (χ2n) is 6.31. The molecule has 28 heavy (non-hydrogen) atoms. The first-order valence-corrected chi connectivity index (χ1v) is 9.01. The van der Waals surface area contributed by atoms with Crippen LogP contribution in [-0.2, 0) is 0 Å². The molecule has 0 aliphatic carbocycles. The van der Waals surface area contributed by atoms with E-state index < -0.39 is 0 Å². The summed E-state index contributed by atoms with van der Waals surface area (Å²) in [6.07, 6.45) is 4.89. The second kappa shape index (κ2) is 7.25. The van der Waals surface area contributed by atoms with Gasteiger partial charge in [0.1, 0.15) is 18.0 Å².